The minimum absolute atomic E-state index is 0.00612. The Morgan fingerprint density at radius 1 is 0.961 bits per heavy atom. The predicted octanol–water partition coefficient (Wildman–Crippen LogP) is 8.44. The van der Waals surface area contributed by atoms with Crippen LogP contribution in [-0.4, -0.2) is 54.1 Å². The van der Waals surface area contributed by atoms with Crippen molar-refractivity contribution in [1.29, 1.82) is 0 Å². The van der Waals surface area contributed by atoms with E-state index in [1.54, 1.807) is 7.11 Å². The second kappa shape index (κ2) is 16.0. The molecule has 3 unspecified atom stereocenters. The minimum Gasteiger partial charge on any atom is -0.493 e. The van der Waals surface area contributed by atoms with Gasteiger partial charge in [0.2, 0.25) is 0 Å². The third kappa shape index (κ3) is 7.11. The summed E-state index contributed by atoms with van der Waals surface area (Å²) in [6.07, 6.45) is 16.8. The van der Waals surface area contributed by atoms with Gasteiger partial charge in [-0.05, 0) is 80.2 Å². The summed E-state index contributed by atoms with van der Waals surface area (Å²) in [7, 11) is 1.74. The van der Waals surface area contributed by atoms with Gasteiger partial charge in [-0.15, -0.1) is 0 Å². The summed E-state index contributed by atoms with van der Waals surface area (Å²) in [5.41, 5.74) is 8.99. The number of nitrogens with zero attached hydrogens (tertiary/aromatic N) is 1. The maximum absolute atomic E-state index is 14.6. The molecule has 2 N–H and O–H groups in total. The van der Waals surface area contributed by atoms with Crippen molar-refractivity contribution in [3.05, 3.63) is 108 Å². The molecule has 0 radical (unpaired) electrons. The first-order chi connectivity index (χ1) is 25.0. The number of nitrogens with one attached hydrogen (secondary N) is 1. The number of hydrogen-bond acceptors (Lipinski definition) is 4. The van der Waals surface area contributed by atoms with Gasteiger partial charge >= 0.3 is 0 Å². The van der Waals surface area contributed by atoms with E-state index in [1.807, 2.05) is 12.1 Å². The zero-order valence-electron chi connectivity index (χ0n) is 30.7. The Bertz CT molecular complexity index is 1630. The van der Waals surface area contributed by atoms with Crippen LogP contribution in [0.15, 0.2) is 85.5 Å². The summed E-state index contributed by atoms with van der Waals surface area (Å²) < 4.78 is 13.1. The molecule has 1 amide bonds. The molecule has 2 heterocycles. The molecule has 51 heavy (non-hydrogen) atoms. The molecule has 1 spiro atoms. The summed E-state index contributed by atoms with van der Waals surface area (Å²) in [6, 6.07) is 25.7. The second-order valence-electron chi connectivity index (χ2n) is 15.9. The van der Waals surface area contributed by atoms with E-state index in [1.165, 1.54) is 47.9 Å². The summed E-state index contributed by atoms with van der Waals surface area (Å²) >= 11 is 0. The van der Waals surface area contributed by atoms with Crippen LogP contribution in [0.5, 0.6) is 11.5 Å². The lowest BCUT2D eigenvalue weighted by Gasteiger charge is -2.60. The van der Waals surface area contributed by atoms with Gasteiger partial charge in [-0.3, -0.25) is 4.79 Å². The van der Waals surface area contributed by atoms with Crippen LogP contribution in [0.25, 0.3) is 0 Å². The standard InChI is InChI=1S/C45H58N2O4/c1-3-30-47(31-29-45-37-22-16-24-41(45)51-43-40(50-2)28-26-35(42(43)45)32-38(37)47)46-44(49)36(27-25-34-20-13-9-14-21-34)39(48)23-15-7-5-4-6-10-17-33-18-11-8-12-19-33/h3,8-9,11-14,18-21,26,28,36-39,41,48H,1,4-7,10,15-17,22-25,27,29-32H2,2H3/p+1/t36?,37-,38+,39?,41-,45+,47?/m0/s1. The Morgan fingerprint density at radius 2 is 1.67 bits per heavy atom. The van der Waals surface area contributed by atoms with Crippen LogP contribution in [0.4, 0.5) is 0 Å². The first-order valence-corrected chi connectivity index (χ1v) is 19.9. The van der Waals surface area contributed by atoms with Gasteiger partial charge in [0.05, 0.1) is 24.5 Å². The molecule has 0 aromatic heterocycles. The van der Waals surface area contributed by atoms with Gasteiger partial charge < -0.3 is 14.6 Å². The van der Waals surface area contributed by atoms with Crippen molar-refractivity contribution in [1.82, 2.24) is 5.43 Å². The molecule has 3 aromatic rings. The topological polar surface area (TPSA) is 67.8 Å². The minimum atomic E-state index is -0.670. The van der Waals surface area contributed by atoms with Crippen molar-refractivity contribution in [3.8, 4) is 11.5 Å². The number of piperidine rings is 1. The van der Waals surface area contributed by atoms with Crippen LogP contribution in [0.1, 0.15) is 99.3 Å². The van der Waals surface area contributed by atoms with Crippen molar-refractivity contribution < 1.29 is 24.0 Å². The highest BCUT2D eigenvalue weighted by molar-refractivity contribution is 5.78. The number of methoxy groups -OCH3 is 1. The highest BCUT2D eigenvalue weighted by atomic mass is 16.5. The fourth-order valence-electron chi connectivity index (χ4n) is 10.6. The van der Waals surface area contributed by atoms with Gasteiger partial charge in [-0.25, -0.2) is 10.0 Å². The van der Waals surface area contributed by atoms with E-state index in [2.05, 4.69) is 78.7 Å². The average Bonchev–Trinajstić information content (AvgIpc) is 3.50. The fraction of sp³-hybridized carbons (Fsp3) is 0.533. The third-order valence-electron chi connectivity index (χ3n) is 13.1. The Kier molecular flexibility index (Phi) is 11.2. The summed E-state index contributed by atoms with van der Waals surface area (Å²) in [4.78, 5) is 14.6. The van der Waals surface area contributed by atoms with E-state index in [9.17, 15) is 9.90 Å². The lowest BCUT2D eigenvalue weighted by atomic mass is 9.51. The van der Waals surface area contributed by atoms with Gasteiger partial charge in [0, 0.05) is 24.3 Å². The van der Waals surface area contributed by atoms with Crippen molar-refractivity contribution >= 4 is 5.91 Å². The van der Waals surface area contributed by atoms with Crippen molar-refractivity contribution in [2.75, 3.05) is 20.2 Å². The first kappa shape index (κ1) is 35.8. The molecule has 4 aliphatic rings. The number of quaternary nitrogens is 1. The number of carbonyl (C=O) groups excluding carboxylic acids is 1. The molecular weight excluding hydrogens is 633 g/mol. The number of hydrogen-bond donors (Lipinski definition) is 2. The molecule has 3 aromatic carbocycles. The summed E-state index contributed by atoms with van der Waals surface area (Å²) in [5.74, 6) is 1.75. The Morgan fingerprint density at radius 3 is 2.39 bits per heavy atom. The van der Waals surface area contributed by atoms with E-state index in [0.717, 1.165) is 75.8 Å². The summed E-state index contributed by atoms with van der Waals surface area (Å²) in [5, 5.41) is 11.7. The number of aliphatic hydroxyl groups is 1. The molecular formula is C45H59N2O4+. The average molecular weight is 692 g/mol. The normalized spacial score (nSPS) is 26.7. The van der Waals surface area contributed by atoms with Crippen LogP contribution in [0, 0.1) is 11.8 Å². The van der Waals surface area contributed by atoms with Gasteiger partial charge in [0.25, 0.3) is 5.91 Å². The molecule has 272 valence electrons. The van der Waals surface area contributed by atoms with E-state index in [0.29, 0.717) is 29.9 Å². The Labute approximate surface area is 305 Å². The SMILES string of the molecule is C=CC[N+]1(NC(=O)C(CCc2ccccc2)C(O)CCCCCCCCc2ccccc2)CC[C@]23c4c5ccc(OC)c4O[C@H]2CCC[C@H]3[C@H]1C5. The smallest absolute Gasteiger partial charge is 0.270 e. The predicted molar refractivity (Wildman–Crippen MR) is 204 cm³/mol. The first-order valence-electron chi connectivity index (χ1n) is 19.9. The Hall–Kier alpha value is -3.61. The monoisotopic (exact) mass is 691 g/mol. The van der Waals surface area contributed by atoms with E-state index < -0.39 is 12.0 Å². The lowest BCUT2D eigenvalue weighted by molar-refractivity contribution is -0.989. The third-order valence-corrected chi connectivity index (χ3v) is 13.1. The second-order valence-corrected chi connectivity index (χ2v) is 15.9. The number of ether oxygens (including phenoxy) is 2. The molecule has 6 nitrogen and oxygen atoms in total. The fourth-order valence-corrected chi connectivity index (χ4v) is 10.6. The van der Waals surface area contributed by atoms with Crippen LogP contribution in [0.2, 0.25) is 0 Å². The molecule has 2 bridgehead atoms. The van der Waals surface area contributed by atoms with Crippen LogP contribution < -0.4 is 14.9 Å². The number of likely N-dealkylation sites (tertiary alicyclic amines) is 1. The van der Waals surface area contributed by atoms with Gasteiger partial charge in [0.15, 0.2) is 11.5 Å². The van der Waals surface area contributed by atoms with E-state index >= 15 is 0 Å². The molecule has 2 fully saturated rings. The Balaban J connectivity index is 1.04. The highest BCUT2D eigenvalue weighted by Crippen LogP contribution is 2.64. The molecule has 1 saturated carbocycles. The van der Waals surface area contributed by atoms with Crippen molar-refractivity contribution in [3.63, 3.8) is 0 Å². The number of benzene rings is 3. The van der Waals surface area contributed by atoms with Crippen LogP contribution >= 0.6 is 0 Å². The van der Waals surface area contributed by atoms with E-state index in [-0.39, 0.29) is 23.5 Å². The number of amides is 1. The molecule has 2 aliphatic carbocycles. The molecule has 6 heteroatoms. The maximum Gasteiger partial charge on any atom is 0.270 e. The molecule has 2 aliphatic heterocycles. The summed E-state index contributed by atoms with van der Waals surface area (Å²) in [6.45, 7) is 5.71. The largest absolute Gasteiger partial charge is 0.493 e. The number of aliphatic hydroxyl groups excluding tert-OH is 1. The zero-order valence-corrected chi connectivity index (χ0v) is 30.7. The van der Waals surface area contributed by atoms with Crippen LogP contribution in [0.3, 0.4) is 0 Å². The zero-order chi connectivity index (χ0) is 35.3. The van der Waals surface area contributed by atoms with Crippen molar-refractivity contribution in [2.24, 2.45) is 11.8 Å². The number of aryl methyl sites for hydroxylation is 2. The van der Waals surface area contributed by atoms with Crippen molar-refractivity contribution in [2.45, 2.75) is 120 Å². The molecule has 7 atom stereocenters. The molecule has 1 saturated heterocycles. The highest BCUT2D eigenvalue weighted by Gasteiger charge is 2.68. The lowest BCUT2D eigenvalue weighted by Crippen LogP contribution is -2.77. The number of unbranched alkanes of at least 4 members (excludes halogenated alkanes) is 5. The van der Waals surface area contributed by atoms with E-state index in [4.69, 9.17) is 9.47 Å². The number of carbonyl (C=O) groups is 1. The van der Waals surface area contributed by atoms with Gasteiger partial charge in [0.1, 0.15) is 25.2 Å². The van der Waals surface area contributed by atoms with Gasteiger partial charge in [-0.1, -0.05) is 105 Å². The number of rotatable bonds is 18. The maximum atomic E-state index is 14.6. The molecule has 7 rings (SSSR count). The van der Waals surface area contributed by atoms with Crippen LogP contribution in [-0.2, 0) is 29.5 Å². The van der Waals surface area contributed by atoms with Gasteiger partial charge in [-0.2, -0.15) is 0 Å². The quantitative estimate of drug-likeness (QED) is 0.0799.